The van der Waals surface area contributed by atoms with Crippen LogP contribution in [-0.2, 0) is 0 Å². The first-order valence-corrected chi connectivity index (χ1v) is 17.9. The van der Waals surface area contributed by atoms with Gasteiger partial charge in [0.25, 0.3) is 0 Å². The molecule has 0 amide bonds. The van der Waals surface area contributed by atoms with Crippen LogP contribution in [0.3, 0.4) is 0 Å². The lowest BCUT2D eigenvalue weighted by Crippen LogP contribution is -1.93. The van der Waals surface area contributed by atoms with E-state index in [1.165, 1.54) is 98.4 Å². The number of fused-ring (bicyclic) bond motifs is 5. The molecule has 0 radical (unpaired) electrons. The van der Waals surface area contributed by atoms with Crippen molar-refractivity contribution in [3.63, 3.8) is 0 Å². The van der Waals surface area contributed by atoms with E-state index < -0.39 is 0 Å². The highest BCUT2D eigenvalue weighted by Crippen LogP contribution is 2.48. The summed E-state index contributed by atoms with van der Waals surface area (Å²) in [5.74, 6) is 0. The molecule has 0 atom stereocenters. The Labute approximate surface area is 302 Å². The fraction of sp³-hybridized carbons (Fsp3) is 0. The summed E-state index contributed by atoms with van der Waals surface area (Å²) >= 11 is 4.85. The molecule has 1 heteroatoms. The average molecular weight is 665 g/mol. The van der Waals surface area contributed by atoms with Crippen molar-refractivity contribution in [2.75, 3.05) is 0 Å². The molecule has 0 aromatic heterocycles. The molecule has 10 rings (SSSR count). The number of thiol groups is 1. The third-order valence-corrected chi connectivity index (χ3v) is 10.7. The van der Waals surface area contributed by atoms with Gasteiger partial charge in [0.15, 0.2) is 0 Å². The smallest absolute Gasteiger partial charge is 0.00465 e. The van der Waals surface area contributed by atoms with E-state index in [9.17, 15) is 0 Å². The molecule has 0 aliphatic rings. The summed E-state index contributed by atoms with van der Waals surface area (Å²) in [7, 11) is 0. The molecule has 0 unspecified atom stereocenters. The van der Waals surface area contributed by atoms with Gasteiger partial charge >= 0.3 is 0 Å². The van der Waals surface area contributed by atoms with Crippen LogP contribution >= 0.6 is 12.6 Å². The van der Waals surface area contributed by atoms with Crippen LogP contribution in [0, 0.1) is 0 Å². The molecular formula is C50H32S. The van der Waals surface area contributed by atoms with Gasteiger partial charge in [0.2, 0.25) is 0 Å². The highest BCUT2D eigenvalue weighted by atomic mass is 32.1. The van der Waals surface area contributed by atoms with Gasteiger partial charge in [0, 0.05) is 4.90 Å². The summed E-state index contributed by atoms with van der Waals surface area (Å²) in [5, 5.41) is 12.4. The van der Waals surface area contributed by atoms with Crippen LogP contribution in [0.2, 0.25) is 0 Å². The van der Waals surface area contributed by atoms with E-state index in [1.54, 1.807) is 0 Å². The standard InChI is InChI=1S/C50H32S/c51-38-25-26-41-46(31-38)50(35-21-11-4-12-22-35)45-30-37-28-43-42(27-36(37)29-44(45)49(41)34-19-9-3-10-20-34)47(32-15-5-1-6-16-32)39-23-13-14-24-40(39)48(43)33-17-7-2-8-18-33/h1-31,51H. The minimum Gasteiger partial charge on any atom is -0.143 e. The molecule has 238 valence electrons. The molecule has 0 fully saturated rings. The van der Waals surface area contributed by atoms with Gasteiger partial charge < -0.3 is 0 Å². The maximum absolute atomic E-state index is 4.85. The van der Waals surface area contributed by atoms with Crippen molar-refractivity contribution in [3.8, 4) is 44.5 Å². The zero-order valence-corrected chi connectivity index (χ0v) is 28.7. The van der Waals surface area contributed by atoms with Crippen molar-refractivity contribution in [2.45, 2.75) is 4.90 Å². The summed E-state index contributed by atoms with van der Waals surface area (Å²) in [5.41, 5.74) is 9.90. The van der Waals surface area contributed by atoms with Crippen LogP contribution in [0.5, 0.6) is 0 Å². The predicted octanol–water partition coefficient (Wildman–Crippen LogP) is 14.4. The highest BCUT2D eigenvalue weighted by molar-refractivity contribution is 7.80. The van der Waals surface area contributed by atoms with Gasteiger partial charge in [-0.1, -0.05) is 152 Å². The lowest BCUT2D eigenvalue weighted by Gasteiger charge is -2.21. The number of hydrogen-bond acceptors (Lipinski definition) is 1. The molecule has 0 bridgehead atoms. The monoisotopic (exact) mass is 664 g/mol. The summed E-state index contributed by atoms with van der Waals surface area (Å²) < 4.78 is 0. The summed E-state index contributed by atoms with van der Waals surface area (Å²) in [6.07, 6.45) is 0. The molecule has 0 saturated carbocycles. The molecule has 0 aliphatic heterocycles. The van der Waals surface area contributed by atoms with Gasteiger partial charge in [-0.15, -0.1) is 12.6 Å². The Balaban J connectivity index is 1.43. The lowest BCUT2D eigenvalue weighted by atomic mass is 9.82. The van der Waals surface area contributed by atoms with E-state index in [4.69, 9.17) is 12.6 Å². The number of rotatable bonds is 4. The Morgan fingerprint density at radius 2 is 0.510 bits per heavy atom. The summed E-state index contributed by atoms with van der Waals surface area (Å²) in [6.45, 7) is 0. The first-order valence-electron chi connectivity index (χ1n) is 17.5. The average Bonchev–Trinajstić information content (AvgIpc) is 3.19. The molecule has 0 heterocycles. The highest BCUT2D eigenvalue weighted by Gasteiger charge is 2.21. The molecule has 51 heavy (non-hydrogen) atoms. The van der Waals surface area contributed by atoms with Gasteiger partial charge in [-0.2, -0.15) is 0 Å². The van der Waals surface area contributed by atoms with Crippen molar-refractivity contribution in [3.05, 3.63) is 188 Å². The Bertz CT molecular complexity index is 2930. The third kappa shape index (κ3) is 4.85. The Hall–Kier alpha value is -6.15. The van der Waals surface area contributed by atoms with Crippen molar-refractivity contribution in [1.29, 1.82) is 0 Å². The second kappa shape index (κ2) is 12.0. The third-order valence-electron chi connectivity index (χ3n) is 10.4. The fourth-order valence-corrected chi connectivity index (χ4v) is 8.50. The molecule has 0 spiro atoms. The summed E-state index contributed by atoms with van der Waals surface area (Å²) in [4.78, 5) is 0.956. The van der Waals surface area contributed by atoms with Crippen molar-refractivity contribution < 1.29 is 0 Å². The topological polar surface area (TPSA) is 0 Å². The van der Waals surface area contributed by atoms with Gasteiger partial charge in [-0.05, 0) is 135 Å². The maximum Gasteiger partial charge on any atom is 0.00465 e. The number of hydrogen-bond donors (Lipinski definition) is 1. The largest absolute Gasteiger partial charge is 0.143 e. The maximum atomic E-state index is 4.85. The molecule has 0 N–H and O–H groups in total. The SMILES string of the molecule is Sc1ccc2c(-c3ccccc3)c3cc4cc5c(-c6ccccc6)c6ccccc6c(-c6ccccc6)c5cc4cc3c(-c3ccccc3)c2c1. The fourth-order valence-electron chi connectivity index (χ4n) is 8.30. The normalized spacial score (nSPS) is 11.6. The molecule has 0 aliphatic carbocycles. The van der Waals surface area contributed by atoms with E-state index in [1.807, 2.05) is 0 Å². The van der Waals surface area contributed by atoms with Crippen molar-refractivity contribution in [2.24, 2.45) is 0 Å². The van der Waals surface area contributed by atoms with Gasteiger partial charge in [0.1, 0.15) is 0 Å². The quantitative estimate of drug-likeness (QED) is 0.140. The number of benzene rings is 10. The van der Waals surface area contributed by atoms with Crippen molar-refractivity contribution >= 4 is 66.5 Å². The van der Waals surface area contributed by atoms with Gasteiger partial charge in [-0.25, -0.2) is 0 Å². The Morgan fingerprint density at radius 3 is 0.863 bits per heavy atom. The van der Waals surface area contributed by atoms with E-state index >= 15 is 0 Å². The lowest BCUT2D eigenvalue weighted by molar-refractivity contribution is 1.53. The predicted molar refractivity (Wildman–Crippen MR) is 223 cm³/mol. The van der Waals surface area contributed by atoms with Crippen LogP contribution in [-0.4, -0.2) is 0 Å². The van der Waals surface area contributed by atoms with Crippen LogP contribution in [0.15, 0.2) is 193 Å². The van der Waals surface area contributed by atoms with Crippen molar-refractivity contribution in [1.82, 2.24) is 0 Å². The molecule has 10 aromatic rings. The Morgan fingerprint density at radius 1 is 0.235 bits per heavy atom. The molecule has 0 nitrogen and oxygen atoms in total. The van der Waals surface area contributed by atoms with Crippen LogP contribution in [0.25, 0.3) is 98.4 Å². The first kappa shape index (κ1) is 29.7. The van der Waals surface area contributed by atoms with Gasteiger partial charge in [0.05, 0.1) is 0 Å². The molecule has 10 aromatic carbocycles. The van der Waals surface area contributed by atoms with Crippen LogP contribution < -0.4 is 0 Å². The zero-order valence-electron chi connectivity index (χ0n) is 27.8. The van der Waals surface area contributed by atoms with Gasteiger partial charge in [-0.3, -0.25) is 0 Å². The van der Waals surface area contributed by atoms with E-state index in [0.717, 1.165) is 4.90 Å². The van der Waals surface area contributed by atoms with E-state index in [0.29, 0.717) is 0 Å². The van der Waals surface area contributed by atoms with E-state index in [2.05, 4.69) is 188 Å². The van der Waals surface area contributed by atoms with E-state index in [-0.39, 0.29) is 0 Å². The van der Waals surface area contributed by atoms with Crippen LogP contribution in [0.4, 0.5) is 0 Å². The molecular weight excluding hydrogens is 633 g/mol. The first-order chi connectivity index (χ1) is 25.2. The summed E-state index contributed by atoms with van der Waals surface area (Å²) in [6, 6.07) is 68.8. The van der Waals surface area contributed by atoms with Crippen LogP contribution in [0.1, 0.15) is 0 Å². The second-order valence-corrected chi connectivity index (χ2v) is 13.9. The zero-order chi connectivity index (χ0) is 33.9. The molecule has 0 saturated heterocycles. The minimum absolute atomic E-state index is 0.956. The second-order valence-electron chi connectivity index (χ2n) is 13.4. The Kier molecular flexibility index (Phi) is 7.01. The minimum atomic E-state index is 0.956.